The molecule has 2 fully saturated rings. The van der Waals surface area contributed by atoms with E-state index in [4.69, 9.17) is 4.98 Å². The second-order valence-electron chi connectivity index (χ2n) is 7.11. The molecule has 1 atom stereocenters. The molecule has 1 aromatic rings. The Kier molecular flexibility index (Phi) is 6.25. The van der Waals surface area contributed by atoms with E-state index >= 15 is 0 Å². The predicted molar refractivity (Wildman–Crippen MR) is 98.2 cm³/mol. The van der Waals surface area contributed by atoms with Gasteiger partial charge in [0.1, 0.15) is 0 Å². The first kappa shape index (κ1) is 17.8. The number of nitrogens with zero attached hydrogens (tertiary/aromatic N) is 3. The summed E-state index contributed by atoms with van der Waals surface area (Å²) in [6.07, 6.45) is 5.87. The highest BCUT2D eigenvalue weighted by molar-refractivity contribution is 7.09. The standard InChI is InChI=1S/C18H30N4OS/c1-3-4-5-17-19-16(13-24-17)12-21-8-10-22(11-9-21)14(2)18(23)20-15-6-7-15/h13-15H,3-12H2,1-2H3,(H,20,23)/t14-/m1/s1. The maximum atomic E-state index is 12.2. The fourth-order valence-corrected chi connectivity index (χ4v) is 3.95. The number of carbonyl (C=O) groups is 1. The number of piperazine rings is 1. The minimum absolute atomic E-state index is 0.00679. The van der Waals surface area contributed by atoms with Crippen molar-refractivity contribution in [2.45, 2.75) is 64.6 Å². The first-order valence-electron chi connectivity index (χ1n) is 9.35. The van der Waals surface area contributed by atoms with E-state index < -0.39 is 0 Å². The maximum absolute atomic E-state index is 12.2. The van der Waals surface area contributed by atoms with Gasteiger partial charge in [0.15, 0.2) is 0 Å². The van der Waals surface area contributed by atoms with Crippen LogP contribution in [0.5, 0.6) is 0 Å². The van der Waals surface area contributed by atoms with Crippen molar-refractivity contribution in [3.05, 3.63) is 16.1 Å². The van der Waals surface area contributed by atoms with Crippen LogP contribution in [0.15, 0.2) is 5.38 Å². The van der Waals surface area contributed by atoms with Gasteiger partial charge in [-0.15, -0.1) is 11.3 Å². The molecule has 1 aliphatic heterocycles. The van der Waals surface area contributed by atoms with Crippen LogP contribution < -0.4 is 5.32 Å². The van der Waals surface area contributed by atoms with E-state index in [9.17, 15) is 4.79 Å². The third-order valence-corrected chi connectivity index (χ3v) is 5.94. The lowest BCUT2D eigenvalue weighted by atomic mass is 10.2. The second kappa shape index (κ2) is 8.41. The van der Waals surface area contributed by atoms with Crippen LogP contribution >= 0.6 is 11.3 Å². The molecule has 1 saturated heterocycles. The molecule has 24 heavy (non-hydrogen) atoms. The largest absolute Gasteiger partial charge is 0.352 e. The molecule has 1 aromatic heterocycles. The monoisotopic (exact) mass is 350 g/mol. The summed E-state index contributed by atoms with van der Waals surface area (Å²) in [4.78, 5) is 21.7. The van der Waals surface area contributed by atoms with Crippen LogP contribution in [0.2, 0.25) is 0 Å². The number of hydrogen-bond donors (Lipinski definition) is 1. The number of aryl methyl sites for hydroxylation is 1. The number of aromatic nitrogens is 1. The smallest absolute Gasteiger partial charge is 0.237 e. The van der Waals surface area contributed by atoms with Gasteiger partial charge in [-0.25, -0.2) is 4.98 Å². The SMILES string of the molecule is CCCCc1nc(CN2CCN([C@H](C)C(=O)NC3CC3)CC2)cs1. The molecule has 1 aliphatic carbocycles. The van der Waals surface area contributed by atoms with Gasteiger partial charge in [-0.05, 0) is 32.6 Å². The van der Waals surface area contributed by atoms with Crippen molar-refractivity contribution in [3.63, 3.8) is 0 Å². The lowest BCUT2D eigenvalue weighted by molar-refractivity contribution is -0.126. The maximum Gasteiger partial charge on any atom is 0.237 e. The summed E-state index contributed by atoms with van der Waals surface area (Å²) in [7, 11) is 0. The van der Waals surface area contributed by atoms with E-state index in [0.717, 1.165) is 52.0 Å². The molecule has 6 heteroatoms. The number of carbonyl (C=O) groups excluding carboxylic acids is 1. The Labute approximate surface area is 149 Å². The van der Waals surface area contributed by atoms with Crippen LogP contribution in [-0.4, -0.2) is 59.0 Å². The summed E-state index contributed by atoms with van der Waals surface area (Å²) in [5, 5.41) is 6.60. The highest BCUT2D eigenvalue weighted by atomic mass is 32.1. The molecule has 0 spiro atoms. The Bertz CT molecular complexity index is 535. The molecule has 5 nitrogen and oxygen atoms in total. The zero-order valence-electron chi connectivity index (χ0n) is 15.0. The van der Waals surface area contributed by atoms with E-state index in [2.05, 4.69) is 27.4 Å². The lowest BCUT2D eigenvalue weighted by Crippen LogP contribution is -2.53. The summed E-state index contributed by atoms with van der Waals surface area (Å²) in [6, 6.07) is 0.445. The van der Waals surface area contributed by atoms with Gasteiger partial charge >= 0.3 is 0 Å². The summed E-state index contributed by atoms with van der Waals surface area (Å²) in [5.41, 5.74) is 1.21. The number of nitrogens with one attached hydrogen (secondary N) is 1. The lowest BCUT2D eigenvalue weighted by Gasteiger charge is -2.37. The first-order chi connectivity index (χ1) is 11.7. The number of unbranched alkanes of at least 4 members (excludes halogenated alkanes) is 1. The minimum Gasteiger partial charge on any atom is -0.352 e. The van der Waals surface area contributed by atoms with Crippen molar-refractivity contribution in [2.75, 3.05) is 26.2 Å². The van der Waals surface area contributed by atoms with E-state index in [1.165, 1.54) is 23.5 Å². The van der Waals surface area contributed by atoms with Crippen molar-refractivity contribution in [1.82, 2.24) is 20.1 Å². The van der Waals surface area contributed by atoms with Gasteiger partial charge in [-0.2, -0.15) is 0 Å². The highest BCUT2D eigenvalue weighted by Crippen LogP contribution is 2.19. The zero-order chi connectivity index (χ0) is 16.9. The molecule has 134 valence electrons. The molecule has 1 saturated carbocycles. The van der Waals surface area contributed by atoms with Crippen molar-refractivity contribution in [1.29, 1.82) is 0 Å². The fourth-order valence-electron chi connectivity index (χ4n) is 3.12. The summed E-state index contributed by atoms with van der Waals surface area (Å²) in [5.74, 6) is 0.200. The summed E-state index contributed by atoms with van der Waals surface area (Å²) >= 11 is 1.80. The Hall–Kier alpha value is -0.980. The number of amides is 1. The van der Waals surface area contributed by atoms with Crippen molar-refractivity contribution in [2.24, 2.45) is 0 Å². The van der Waals surface area contributed by atoms with Gasteiger partial charge in [0.2, 0.25) is 5.91 Å². The summed E-state index contributed by atoms with van der Waals surface area (Å²) in [6.45, 7) is 9.16. The molecule has 3 rings (SSSR count). The van der Waals surface area contributed by atoms with Gasteiger partial charge in [-0.3, -0.25) is 14.6 Å². The van der Waals surface area contributed by atoms with Crippen LogP contribution in [0.3, 0.4) is 0 Å². The van der Waals surface area contributed by atoms with Crippen molar-refractivity contribution in [3.8, 4) is 0 Å². The van der Waals surface area contributed by atoms with E-state index in [1.54, 1.807) is 11.3 Å². The molecule has 1 N–H and O–H groups in total. The topological polar surface area (TPSA) is 48.5 Å². The normalized spacial score (nSPS) is 20.9. The number of hydrogen-bond acceptors (Lipinski definition) is 5. The van der Waals surface area contributed by atoms with Crippen molar-refractivity contribution < 1.29 is 4.79 Å². The molecular formula is C18H30N4OS. The average Bonchev–Trinajstić information content (AvgIpc) is 3.30. The summed E-state index contributed by atoms with van der Waals surface area (Å²) < 4.78 is 0. The Morgan fingerprint density at radius 1 is 1.38 bits per heavy atom. The molecule has 0 bridgehead atoms. The average molecular weight is 351 g/mol. The van der Waals surface area contributed by atoms with Crippen LogP contribution in [0.4, 0.5) is 0 Å². The molecule has 1 amide bonds. The molecule has 0 radical (unpaired) electrons. The van der Waals surface area contributed by atoms with E-state index in [-0.39, 0.29) is 11.9 Å². The molecule has 0 aromatic carbocycles. The van der Waals surface area contributed by atoms with Gasteiger partial charge in [0, 0.05) is 44.1 Å². The van der Waals surface area contributed by atoms with E-state index in [0.29, 0.717) is 6.04 Å². The predicted octanol–water partition coefficient (Wildman–Crippen LogP) is 2.27. The molecule has 0 unspecified atom stereocenters. The Morgan fingerprint density at radius 2 is 2.12 bits per heavy atom. The van der Waals surface area contributed by atoms with Gasteiger partial charge in [-0.1, -0.05) is 13.3 Å². The van der Waals surface area contributed by atoms with Crippen LogP contribution in [0, 0.1) is 0 Å². The fraction of sp³-hybridized carbons (Fsp3) is 0.778. The number of rotatable bonds is 8. The van der Waals surface area contributed by atoms with Crippen molar-refractivity contribution >= 4 is 17.2 Å². The third kappa shape index (κ3) is 5.01. The van der Waals surface area contributed by atoms with Crippen LogP contribution in [0.25, 0.3) is 0 Å². The number of thiazole rings is 1. The zero-order valence-corrected chi connectivity index (χ0v) is 15.8. The third-order valence-electron chi connectivity index (χ3n) is 4.99. The highest BCUT2D eigenvalue weighted by Gasteiger charge is 2.30. The minimum atomic E-state index is -0.00679. The Morgan fingerprint density at radius 3 is 2.79 bits per heavy atom. The van der Waals surface area contributed by atoms with Gasteiger partial charge < -0.3 is 5.32 Å². The molecule has 2 heterocycles. The first-order valence-corrected chi connectivity index (χ1v) is 10.2. The van der Waals surface area contributed by atoms with Crippen LogP contribution in [-0.2, 0) is 17.8 Å². The van der Waals surface area contributed by atoms with Gasteiger partial charge in [0.05, 0.1) is 16.7 Å². The quantitative estimate of drug-likeness (QED) is 0.781. The second-order valence-corrected chi connectivity index (χ2v) is 8.05. The Balaban J connectivity index is 1.41. The van der Waals surface area contributed by atoms with Gasteiger partial charge in [0.25, 0.3) is 0 Å². The molecule has 2 aliphatic rings. The molecular weight excluding hydrogens is 320 g/mol. The van der Waals surface area contributed by atoms with E-state index in [1.807, 2.05) is 6.92 Å². The van der Waals surface area contributed by atoms with Crippen LogP contribution in [0.1, 0.15) is 50.2 Å².